The van der Waals surface area contributed by atoms with Gasteiger partial charge in [-0.15, -0.1) is 11.3 Å². The normalized spacial score (nSPS) is 12.2. The first-order valence-electron chi connectivity index (χ1n) is 5.31. The molecule has 1 atom stereocenters. The Morgan fingerprint density at radius 1 is 1.59 bits per heavy atom. The van der Waals surface area contributed by atoms with Crippen LogP contribution >= 0.6 is 11.3 Å². The van der Waals surface area contributed by atoms with Gasteiger partial charge in [0.2, 0.25) is 0 Å². The van der Waals surface area contributed by atoms with Crippen LogP contribution in [0, 0.1) is 0 Å². The summed E-state index contributed by atoms with van der Waals surface area (Å²) in [5, 5.41) is 2.76. The maximum Gasteiger partial charge on any atom is 0.311 e. The molecule has 0 saturated heterocycles. The second kappa shape index (κ2) is 6.56. The van der Waals surface area contributed by atoms with Crippen LogP contribution in [0.3, 0.4) is 0 Å². The number of aromatic nitrogens is 1. The molecule has 0 aliphatic heterocycles. The molecule has 0 bridgehead atoms. The van der Waals surface area contributed by atoms with Gasteiger partial charge in [0, 0.05) is 19.5 Å². The second-order valence-corrected chi connectivity index (χ2v) is 4.63. The highest BCUT2D eigenvalue weighted by Gasteiger charge is 2.14. The molecule has 0 fully saturated rings. The predicted octanol–water partition coefficient (Wildman–Crippen LogP) is 1.33. The number of ether oxygens (including phenoxy) is 2. The number of hydrogen-bond donors (Lipinski definition) is 0. The molecule has 5 nitrogen and oxygen atoms in total. The summed E-state index contributed by atoms with van der Waals surface area (Å²) in [6.07, 6.45) is 0.222. The van der Waals surface area contributed by atoms with Crippen LogP contribution in [0.4, 0.5) is 5.13 Å². The number of carbonyl (C=O) groups excluding carboxylic acids is 1. The van der Waals surface area contributed by atoms with E-state index in [4.69, 9.17) is 4.74 Å². The van der Waals surface area contributed by atoms with Crippen LogP contribution in [-0.2, 0) is 20.7 Å². The van der Waals surface area contributed by atoms with Gasteiger partial charge in [-0.25, -0.2) is 4.98 Å². The highest BCUT2D eigenvalue weighted by Crippen LogP contribution is 2.21. The van der Waals surface area contributed by atoms with Gasteiger partial charge >= 0.3 is 5.97 Å². The minimum absolute atomic E-state index is 0.222. The lowest BCUT2D eigenvalue weighted by Crippen LogP contribution is -2.32. The Balaban J connectivity index is 2.63. The maximum atomic E-state index is 11.1. The second-order valence-electron chi connectivity index (χ2n) is 3.79. The Kier molecular flexibility index (Phi) is 5.37. The number of hydrogen-bond acceptors (Lipinski definition) is 6. The maximum absolute atomic E-state index is 11.1. The van der Waals surface area contributed by atoms with E-state index in [-0.39, 0.29) is 18.4 Å². The fraction of sp³-hybridized carbons (Fsp3) is 0.636. The molecule has 6 heteroatoms. The molecule has 0 aliphatic carbocycles. The van der Waals surface area contributed by atoms with Crippen molar-refractivity contribution in [2.24, 2.45) is 0 Å². The van der Waals surface area contributed by atoms with E-state index in [2.05, 4.69) is 16.6 Å². The Morgan fingerprint density at radius 3 is 2.88 bits per heavy atom. The predicted molar refractivity (Wildman–Crippen MR) is 67.6 cm³/mol. The number of methoxy groups -OCH3 is 2. The molecule has 1 aromatic heterocycles. The molecule has 0 N–H and O–H groups in total. The summed E-state index contributed by atoms with van der Waals surface area (Å²) in [5.41, 5.74) is 0.744. The SMILES string of the molecule is COCC(C)N(C)c1nc(CC(=O)OC)cs1. The van der Waals surface area contributed by atoms with Crippen LogP contribution in [0.2, 0.25) is 0 Å². The number of likely N-dealkylation sites (N-methyl/N-ethyl adjacent to an activating group) is 1. The molecule has 1 rings (SSSR count). The molecule has 0 amide bonds. The fourth-order valence-electron chi connectivity index (χ4n) is 1.30. The molecule has 0 aromatic carbocycles. The standard InChI is InChI=1S/C11H18N2O3S/c1-8(6-15-3)13(2)11-12-9(7-17-11)5-10(14)16-4/h7-8H,5-6H2,1-4H3. The Bertz CT molecular complexity index is 367. The Labute approximate surface area is 105 Å². The van der Waals surface area contributed by atoms with Crippen LogP contribution in [0.15, 0.2) is 5.38 Å². The number of rotatable bonds is 6. The summed E-state index contributed by atoms with van der Waals surface area (Å²) < 4.78 is 9.70. The van der Waals surface area contributed by atoms with Gasteiger partial charge in [0.25, 0.3) is 0 Å². The topological polar surface area (TPSA) is 51.7 Å². The number of thiazole rings is 1. The summed E-state index contributed by atoms with van der Waals surface area (Å²) >= 11 is 1.52. The minimum atomic E-state index is -0.269. The molecule has 0 spiro atoms. The van der Waals surface area contributed by atoms with E-state index in [9.17, 15) is 4.79 Å². The van der Waals surface area contributed by atoms with Crippen LogP contribution < -0.4 is 4.90 Å². The van der Waals surface area contributed by atoms with E-state index in [1.807, 2.05) is 17.3 Å². The smallest absolute Gasteiger partial charge is 0.311 e. The number of nitrogens with zero attached hydrogens (tertiary/aromatic N) is 2. The van der Waals surface area contributed by atoms with E-state index in [0.29, 0.717) is 6.61 Å². The molecule has 0 aliphatic rings. The van der Waals surface area contributed by atoms with Gasteiger partial charge in [0.1, 0.15) is 0 Å². The van der Waals surface area contributed by atoms with Gasteiger partial charge in [-0.2, -0.15) is 0 Å². The Hall–Kier alpha value is -1.14. The first-order valence-corrected chi connectivity index (χ1v) is 6.19. The van der Waals surface area contributed by atoms with Crippen LogP contribution in [0.1, 0.15) is 12.6 Å². The summed E-state index contributed by atoms with van der Waals surface area (Å²) in [6, 6.07) is 0.247. The van der Waals surface area contributed by atoms with E-state index in [1.54, 1.807) is 7.11 Å². The third kappa shape index (κ3) is 3.98. The number of esters is 1. The number of anilines is 1. The van der Waals surface area contributed by atoms with Crippen LogP contribution in [-0.4, -0.2) is 44.9 Å². The molecule has 0 saturated carbocycles. The summed E-state index contributed by atoms with van der Waals surface area (Å²) in [6.45, 7) is 2.70. The van der Waals surface area contributed by atoms with Crippen molar-refractivity contribution in [3.8, 4) is 0 Å². The summed E-state index contributed by atoms with van der Waals surface area (Å²) in [4.78, 5) is 17.5. The van der Waals surface area contributed by atoms with Crippen molar-refractivity contribution in [2.45, 2.75) is 19.4 Å². The third-order valence-corrected chi connectivity index (χ3v) is 3.44. The van der Waals surface area contributed by atoms with Gasteiger partial charge in [0.15, 0.2) is 5.13 Å². The molecular formula is C11H18N2O3S. The van der Waals surface area contributed by atoms with Crippen molar-refractivity contribution in [3.63, 3.8) is 0 Å². The highest BCUT2D eigenvalue weighted by molar-refractivity contribution is 7.13. The molecule has 1 unspecified atom stereocenters. The quantitative estimate of drug-likeness (QED) is 0.721. The zero-order valence-corrected chi connectivity index (χ0v) is 11.4. The zero-order chi connectivity index (χ0) is 12.8. The van der Waals surface area contributed by atoms with Crippen molar-refractivity contribution in [1.29, 1.82) is 0 Å². The van der Waals surface area contributed by atoms with Crippen molar-refractivity contribution < 1.29 is 14.3 Å². The largest absolute Gasteiger partial charge is 0.469 e. The van der Waals surface area contributed by atoms with Gasteiger partial charge < -0.3 is 14.4 Å². The molecule has 17 heavy (non-hydrogen) atoms. The lowest BCUT2D eigenvalue weighted by Gasteiger charge is -2.23. The molecule has 96 valence electrons. The van der Waals surface area contributed by atoms with E-state index in [1.165, 1.54) is 18.4 Å². The van der Waals surface area contributed by atoms with E-state index < -0.39 is 0 Å². The zero-order valence-electron chi connectivity index (χ0n) is 10.6. The average Bonchev–Trinajstić information content (AvgIpc) is 2.76. The van der Waals surface area contributed by atoms with Gasteiger partial charge in [0.05, 0.1) is 31.9 Å². The first kappa shape index (κ1) is 13.9. The highest BCUT2D eigenvalue weighted by atomic mass is 32.1. The summed E-state index contributed by atoms with van der Waals surface area (Å²) in [7, 11) is 5.02. The molecule has 1 heterocycles. The van der Waals surface area contributed by atoms with Gasteiger partial charge in [-0.05, 0) is 6.92 Å². The summed E-state index contributed by atoms with van der Waals surface area (Å²) in [5.74, 6) is -0.269. The van der Waals surface area contributed by atoms with Gasteiger partial charge in [-0.1, -0.05) is 0 Å². The first-order chi connectivity index (χ1) is 8.08. The van der Waals surface area contributed by atoms with E-state index in [0.717, 1.165) is 10.8 Å². The average molecular weight is 258 g/mol. The van der Waals surface area contributed by atoms with Crippen molar-refractivity contribution in [1.82, 2.24) is 4.98 Å². The van der Waals surface area contributed by atoms with Gasteiger partial charge in [-0.3, -0.25) is 4.79 Å². The van der Waals surface area contributed by atoms with Crippen molar-refractivity contribution >= 4 is 22.4 Å². The monoisotopic (exact) mass is 258 g/mol. The van der Waals surface area contributed by atoms with Crippen molar-refractivity contribution in [2.75, 3.05) is 32.8 Å². The fourth-order valence-corrected chi connectivity index (χ4v) is 2.19. The Morgan fingerprint density at radius 2 is 2.29 bits per heavy atom. The lowest BCUT2D eigenvalue weighted by molar-refractivity contribution is -0.139. The molecular weight excluding hydrogens is 240 g/mol. The lowest BCUT2D eigenvalue weighted by atomic mass is 10.3. The third-order valence-electron chi connectivity index (χ3n) is 2.46. The minimum Gasteiger partial charge on any atom is -0.469 e. The molecule has 0 radical (unpaired) electrons. The molecule has 1 aromatic rings. The van der Waals surface area contributed by atoms with Crippen molar-refractivity contribution in [3.05, 3.63) is 11.1 Å². The van der Waals surface area contributed by atoms with Crippen LogP contribution in [0.25, 0.3) is 0 Å². The van der Waals surface area contributed by atoms with Crippen LogP contribution in [0.5, 0.6) is 0 Å². The van der Waals surface area contributed by atoms with E-state index >= 15 is 0 Å². The number of carbonyl (C=O) groups is 1.